The van der Waals surface area contributed by atoms with Crippen LogP contribution < -0.4 is 5.32 Å². The smallest absolute Gasteiger partial charge is 0.326 e. The van der Waals surface area contributed by atoms with Gasteiger partial charge in [-0.25, -0.2) is 9.59 Å². The Morgan fingerprint density at radius 3 is 2.53 bits per heavy atom. The summed E-state index contributed by atoms with van der Waals surface area (Å²) in [7, 11) is 0. The molecule has 0 saturated carbocycles. The summed E-state index contributed by atoms with van der Waals surface area (Å²) in [6.45, 7) is 0.463. The van der Waals surface area contributed by atoms with Gasteiger partial charge in [-0.3, -0.25) is 0 Å². The molecule has 0 radical (unpaired) electrons. The zero-order valence-electron chi connectivity index (χ0n) is 9.90. The summed E-state index contributed by atoms with van der Waals surface area (Å²) < 4.78 is 1.47. The van der Waals surface area contributed by atoms with E-state index in [1.54, 1.807) is 12.1 Å². The lowest BCUT2D eigenvalue weighted by Crippen LogP contribution is -2.42. The maximum Gasteiger partial charge on any atom is 0.326 e. The number of hydrogen-bond donors (Lipinski definition) is 2. The number of aliphatic carboxylic acids is 1. The number of carboxylic acids is 1. The van der Waals surface area contributed by atoms with Gasteiger partial charge in [0.2, 0.25) is 0 Å². The van der Waals surface area contributed by atoms with Crippen LogP contribution in [0.25, 0.3) is 0 Å². The fourth-order valence-corrected chi connectivity index (χ4v) is 3.26. The number of anilines is 1. The van der Waals surface area contributed by atoms with Crippen LogP contribution in [0, 0.1) is 0 Å². The zero-order chi connectivity index (χ0) is 14.0. The lowest BCUT2D eigenvalue weighted by molar-refractivity contribution is -0.141. The van der Waals surface area contributed by atoms with Crippen molar-refractivity contribution in [3.8, 4) is 0 Å². The van der Waals surface area contributed by atoms with Crippen molar-refractivity contribution in [2.24, 2.45) is 0 Å². The highest BCUT2D eigenvalue weighted by Crippen LogP contribution is 2.31. The van der Waals surface area contributed by atoms with Crippen molar-refractivity contribution in [1.82, 2.24) is 4.90 Å². The largest absolute Gasteiger partial charge is 0.480 e. The van der Waals surface area contributed by atoms with Crippen LogP contribution in [0.5, 0.6) is 0 Å². The molecule has 0 aliphatic carbocycles. The third kappa shape index (κ3) is 3.09. The first-order valence-corrected chi connectivity index (χ1v) is 7.33. The molecule has 1 aliphatic heterocycles. The molecular formula is C12H12Br2N2O3. The Balaban J connectivity index is 2.15. The Morgan fingerprint density at radius 2 is 1.95 bits per heavy atom. The van der Waals surface area contributed by atoms with Gasteiger partial charge in [-0.1, -0.05) is 6.07 Å². The second-order valence-electron chi connectivity index (χ2n) is 4.22. The molecule has 19 heavy (non-hydrogen) atoms. The van der Waals surface area contributed by atoms with Gasteiger partial charge in [-0.2, -0.15) is 0 Å². The van der Waals surface area contributed by atoms with E-state index in [-0.39, 0.29) is 0 Å². The number of para-hydroxylation sites is 1. The highest BCUT2D eigenvalue weighted by atomic mass is 79.9. The molecular weight excluding hydrogens is 380 g/mol. The molecule has 1 aromatic carbocycles. The van der Waals surface area contributed by atoms with Crippen molar-refractivity contribution < 1.29 is 14.7 Å². The third-order valence-electron chi connectivity index (χ3n) is 2.99. The van der Waals surface area contributed by atoms with Gasteiger partial charge in [0.05, 0.1) is 5.69 Å². The molecule has 5 nitrogen and oxygen atoms in total. The fourth-order valence-electron chi connectivity index (χ4n) is 2.06. The average molecular weight is 392 g/mol. The van der Waals surface area contributed by atoms with Crippen LogP contribution in [0.4, 0.5) is 10.5 Å². The lowest BCUT2D eigenvalue weighted by Gasteiger charge is -2.22. The van der Waals surface area contributed by atoms with E-state index < -0.39 is 18.0 Å². The number of nitrogens with zero attached hydrogens (tertiary/aromatic N) is 1. The van der Waals surface area contributed by atoms with Gasteiger partial charge in [0.15, 0.2) is 0 Å². The molecule has 2 rings (SSSR count). The van der Waals surface area contributed by atoms with Gasteiger partial charge in [0.1, 0.15) is 6.04 Å². The fraction of sp³-hybridized carbons (Fsp3) is 0.333. The standard InChI is InChI=1S/C12H12Br2N2O3/c13-7-3-1-4-8(14)10(7)15-12(19)16-6-2-5-9(16)11(17)18/h1,3-4,9H,2,5-6H2,(H,15,19)(H,17,18)/t9-/m1/s1. The van der Waals surface area contributed by atoms with E-state index >= 15 is 0 Å². The Labute approximate surface area is 127 Å². The van der Waals surface area contributed by atoms with Crippen LogP contribution >= 0.6 is 31.9 Å². The lowest BCUT2D eigenvalue weighted by atomic mass is 10.2. The normalized spacial score (nSPS) is 18.4. The van der Waals surface area contributed by atoms with E-state index in [1.807, 2.05) is 6.07 Å². The SMILES string of the molecule is O=C(O)[C@H]1CCCN1C(=O)Nc1c(Br)cccc1Br. The molecule has 1 atom stereocenters. The van der Waals surface area contributed by atoms with Gasteiger partial charge < -0.3 is 15.3 Å². The molecule has 102 valence electrons. The van der Waals surface area contributed by atoms with E-state index in [1.165, 1.54) is 4.90 Å². The number of nitrogens with one attached hydrogen (secondary N) is 1. The van der Waals surface area contributed by atoms with Crippen molar-refractivity contribution in [3.05, 3.63) is 27.1 Å². The number of amides is 2. The molecule has 1 aliphatic rings. The van der Waals surface area contributed by atoms with Crippen molar-refractivity contribution in [1.29, 1.82) is 0 Å². The quantitative estimate of drug-likeness (QED) is 0.812. The number of halogens is 2. The van der Waals surface area contributed by atoms with Gasteiger partial charge in [-0.15, -0.1) is 0 Å². The van der Waals surface area contributed by atoms with Crippen LogP contribution in [-0.4, -0.2) is 34.6 Å². The van der Waals surface area contributed by atoms with E-state index in [0.717, 1.165) is 8.95 Å². The monoisotopic (exact) mass is 390 g/mol. The average Bonchev–Trinajstić information content (AvgIpc) is 2.83. The molecule has 2 amide bonds. The first-order chi connectivity index (χ1) is 9.00. The number of carboxylic acid groups (broad SMARTS) is 1. The van der Waals surface area contributed by atoms with Crippen LogP contribution in [0.2, 0.25) is 0 Å². The summed E-state index contributed by atoms with van der Waals surface area (Å²) in [4.78, 5) is 24.6. The first-order valence-electron chi connectivity index (χ1n) is 5.75. The minimum absolute atomic E-state index is 0.391. The molecule has 1 fully saturated rings. The summed E-state index contributed by atoms with van der Waals surface area (Å²) in [5.41, 5.74) is 0.600. The number of carbonyl (C=O) groups excluding carboxylic acids is 1. The van der Waals surface area contributed by atoms with Crippen molar-refractivity contribution in [2.75, 3.05) is 11.9 Å². The Morgan fingerprint density at radius 1 is 1.32 bits per heavy atom. The molecule has 0 unspecified atom stereocenters. The molecule has 1 heterocycles. The molecule has 2 N–H and O–H groups in total. The highest BCUT2D eigenvalue weighted by Gasteiger charge is 2.34. The zero-order valence-corrected chi connectivity index (χ0v) is 13.1. The molecule has 1 aromatic rings. The van der Waals surface area contributed by atoms with Crippen molar-refractivity contribution in [2.45, 2.75) is 18.9 Å². The van der Waals surface area contributed by atoms with Gasteiger partial charge in [0, 0.05) is 15.5 Å². The molecule has 1 saturated heterocycles. The van der Waals surface area contributed by atoms with Crippen LogP contribution in [-0.2, 0) is 4.79 Å². The van der Waals surface area contributed by atoms with Crippen molar-refractivity contribution >= 4 is 49.5 Å². The maximum absolute atomic E-state index is 12.1. The number of hydrogen-bond acceptors (Lipinski definition) is 2. The highest BCUT2D eigenvalue weighted by molar-refractivity contribution is 9.11. The second kappa shape index (κ2) is 5.92. The topological polar surface area (TPSA) is 69.6 Å². The van der Waals surface area contributed by atoms with Crippen LogP contribution in [0.1, 0.15) is 12.8 Å². The van der Waals surface area contributed by atoms with Gasteiger partial charge in [-0.05, 0) is 56.8 Å². The van der Waals surface area contributed by atoms with Crippen LogP contribution in [0.15, 0.2) is 27.1 Å². The minimum atomic E-state index is -0.959. The Hall–Kier alpha value is -1.08. The van der Waals surface area contributed by atoms with E-state index in [4.69, 9.17) is 5.11 Å². The Kier molecular flexibility index (Phi) is 4.46. The predicted octanol–water partition coefficient (Wildman–Crippen LogP) is 3.29. The third-order valence-corrected chi connectivity index (χ3v) is 4.32. The molecule has 0 aromatic heterocycles. The summed E-state index contributed by atoms with van der Waals surface area (Å²) in [6.07, 6.45) is 1.21. The first kappa shape index (κ1) is 14.3. The summed E-state index contributed by atoms with van der Waals surface area (Å²) in [5, 5.41) is 11.8. The van der Waals surface area contributed by atoms with E-state index in [2.05, 4.69) is 37.2 Å². The second-order valence-corrected chi connectivity index (χ2v) is 5.93. The van der Waals surface area contributed by atoms with E-state index in [9.17, 15) is 9.59 Å². The molecule has 7 heteroatoms. The molecule has 0 spiro atoms. The predicted molar refractivity (Wildman–Crippen MR) is 78.2 cm³/mol. The minimum Gasteiger partial charge on any atom is -0.480 e. The number of urea groups is 1. The summed E-state index contributed by atoms with van der Waals surface area (Å²) in [5.74, 6) is -0.959. The number of carbonyl (C=O) groups is 2. The van der Waals surface area contributed by atoms with Crippen LogP contribution in [0.3, 0.4) is 0 Å². The number of rotatable bonds is 2. The number of benzene rings is 1. The summed E-state index contributed by atoms with van der Waals surface area (Å²) in [6, 6.07) is 4.32. The summed E-state index contributed by atoms with van der Waals surface area (Å²) >= 11 is 6.70. The van der Waals surface area contributed by atoms with E-state index in [0.29, 0.717) is 25.1 Å². The van der Waals surface area contributed by atoms with Gasteiger partial charge >= 0.3 is 12.0 Å². The Bertz CT molecular complexity index is 501. The van der Waals surface area contributed by atoms with Gasteiger partial charge in [0.25, 0.3) is 0 Å². The number of likely N-dealkylation sites (tertiary alicyclic amines) is 1. The molecule has 0 bridgehead atoms. The van der Waals surface area contributed by atoms with Crippen molar-refractivity contribution in [3.63, 3.8) is 0 Å². The maximum atomic E-state index is 12.1.